The molecule has 0 saturated heterocycles. The summed E-state index contributed by atoms with van der Waals surface area (Å²) in [5, 5.41) is 26.2. The molecule has 3 aliphatic carbocycles. The van der Waals surface area contributed by atoms with E-state index < -0.39 is 41.0 Å². The summed E-state index contributed by atoms with van der Waals surface area (Å²) < 4.78 is 27.2. The Morgan fingerprint density at radius 3 is 1.45 bits per heavy atom. The van der Waals surface area contributed by atoms with Crippen LogP contribution in [-0.4, -0.2) is 75.7 Å². The van der Waals surface area contributed by atoms with Gasteiger partial charge in [0.2, 0.25) is 0 Å². The zero-order chi connectivity index (χ0) is 37.9. The predicted molar refractivity (Wildman–Crippen MR) is 206 cm³/mol. The van der Waals surface area contributed by atoms with Crippen molar-refractivity contribution in [1.82, 2.24) is 4.90 Å². The molecule has 2 amide bonds. The monoisotopic (exact) mass is 745 g/mol. The van der Waals surface area contributed by atoms with Gasteiger partial charge in [-0.1, -0.05) is 122 Å². The predicted octanol–water partition coefficient (Wildman–Crippen LogP) is 7.03. The fraction of sp³-hybridized carbons (Fsp3) is 0.435. The molecule has 6 atom stereocenters. The molecular weight excluding hydrogens is 695 g/mol. The van der Waals surface area contributed by atoms with Gasteiger partial charge in [-0.25, -0.2) is 0 Å². The van der Waals surface area contributed by atoms with Crippen molar-refractivity contribution in [3.8, 4) is 0 Å². The largest absolute Gasteiger partial charge is 0.383 e. The van der Waals surface area contributed by atoms with Crippen LogP contribution in [0.3, 0.4) is 0 Å². The topological polar surface area (TPSA) is 115 Å². The third-order valence-corrected chi connectivity index (χ3v) is 12.5. The van der Waals surface area contributed by atoms with Gasteiger partial charge >= 0.3 is 0 Å². The summed E-state index contributed by atoms with van der Waals surface area (Å²) in [6.07, 6.45) is 2.63. The number of benzene rings is 4. The summed E-state index contributed by atoms with van der Waals surface area (Å²) in [6, 6.07) is 36.6. The first kappa shape index (κ1) is 37.7. The van der Waals surface area contributed by atoms with Gasteiger partial charge in [0.25, 0.3) is 11.8 Å². The highest BCUT2D eigenvalue weighted by atomic mass is 16.6. The minimum Gasteiger partial charge on any atom is -0.383 e. The molecule has 4 aliphatic rings. The quantitative estimate of drug-likeness (QED) is 0.0929. The van der Waals surface area contributed by atoms with Crippen LogP contribution in [0.5, 0.6) is 0 Å². The zero-order valence-corrected chi connectivity index (χ0v) is 31.3. The highest BCUT2D eigenvalue weighted by Gasteiger charge is 2.95. The number of nitrogens with zero attached hydrogens (tertiary/aromatic N) is 1. The average molecular weight is 746 g/mol. The number of amides is 2. The maximum Gasteiger partial charge on any atom is 0.261 e. The van der Waals surface area contributed by atoms with Crippen molar-refractivity contribution < 1.29 is 38.7 Å². The van der Waals surface area contributed by atoms with Gasteiger partial charge in [0.15, 0.2) is 0 Å². The number of aliphatic hydroxyl groups is 2. The molecule has 4 aromatic carbocycles. The molecule has 2 N–H and O–H groups in total. The van der Waals surface area contributed by atoms with Crippen molar-refractivity contribution >= 4 is 11.8 Å². The van der Waals surface area contributed by atoms with Crippen LogP contribution < -0.4 is 0 Å². The third-order valence-electron chi connectivity index (χ3n) is 12.5. The fourth-order valence-corrected chi connectivity index (χ4v) is 9.72. The van der Waals surface area contributed by atoms with E-state index in [0.29, 0.717) is 49.8 Å². The second-order valence-electron chi connectivity index (χ2n) is 15.6. The van der Waals surface area contributed by atoms with Gasteiger partial charge < -0.3 is 29.2 Å². The molecule has 0 aromatic heterocycles. The van der Waals surface area contributed by atoms with E-state index in [-0.39, 0.29) is 38.2 Å². The van der Waals surface area contributed by atoms with Crippen LogP contribution in [0.2, 0.25) is 0 Å². The molecule has 4 aromatic rings. The van der Waals surface area contributed by atoms with Crippen LogP contribution in [-0.2, 0) is 38.8 Å². The summed E-state index contributed by atoms with van der Waals surface area (Å²) in [4.78, 5) is 27.1. The lowest BCUT2D eigenvalue weighted by molar-refractivity contribution is -0.272. The number of hydrogen-bond donors (Lipinski definition) is 2. The molecule has 0 bridgehead atoms. The van der Waals surface area contributed by atoms with Crippen molar-refractivity contribution in [2.24, 2.45) is 5.41 Å². The second-order valence-corrected chi connectivity index (χ2v) is 15.6. The lowest BCUT2D eigenvalue weighted by Gasteiger charge is -2.46. The zero-order valence-electron chi connectivity index (χ0n) is 31.3. The lowest BCUT2D eigenvalue weighted by Crippen LogP contribution is -2.66. The Labute approximate surface area is 323 Å². The third kappa shape index (κ3) is 6.75. The van der Waals surface area contributed by atoms with E-state index >= 15 is 0 Å². The molecule has 6 unspecified atom stereocenters. The van der Waals surface area contributed by atoms with Crippen molar-refractivity contribution in [1.29, 1.82) is 0 Å². The Kier molecular flexibility index (Phi) is 11.0. The minimum absolute atomic E-state index is 0.231. The molecule has 8 rings (SSSR count). The Morgan fingerprint density at radius 2 is 0.964 bits per heavy atom. The van der Waals surface area contributed by atoms with Crippen molar-refractivity contribution in [2.75, 3.05) is 13.2 Å². The van der Waals surface area contributed by atoms with Gasteiger partial charge in [-0.05, 0) is 60.9 Å². The smallest absolute Gasteiger partial charge is 0.261 e. The van der Waals surface area contributed by atoms with E-state index in [2.05, 4.69) is 0 Å². The van der Waals surface area contributed by atoms with Gasteiger partial charge in [-0.15, -0.1) is 0 Å². The van der Waals surface area contributed by atoms with Crippen LogP contribution >= 0.6 is 0 Å². The van der Waals surface area contributed by atoms with E-state index in [1.807, 2.05) is 91.0 Å². The Hall–Kier alpha value is -4.22. The highest BCUT2D eigenvalue weighted by molar-refractivity contribution is 6.21. The molecular formula is C46H51NO8. The van der Waals surface area contributed by atoms with E-state index in [9.17, 15) is 19.8 Å². The van der Waals surface area contributed by atoms with Crippen LogP contribution in [0.25, 0.3) is 0 Å². The van der Waals surface area contributed by atoms with Crippen molar-refractivity contribution in [3.05, 3.63) is 143 Å². The number of hydrogen-bond acceptors (Lipinski definition) is 8. The van der Waals surface area contributed by atoms with E-state index in [4.69, 9.17) is 18.9 Å². The van der Waals surface area contributed by atoms with Crippen LogP contribution in [0.1, 0.15) is 88.8 Å². The molecule has 9 heteroatoms. The van der Waals surface area contributed by atoms with Crippen LogP contribution in [0.4, 0.5) is 0 Å². The van der Waals surface area contributed by atoms with E-state index in [1.165, 1.54) is 4.90 Å². The van der Waals surface area contributed by atoms with E-state index in [1.54, 1.807) is 24.3 Å². The first-order valence-electron chi connectivity index (χ1n) is 19.9. The van der Waals surface area contributed by atoms with Gasteiger partial charge in [-0.2, -0.15) is 0 Å². The standard InChI is InChI=1S/C46H51NO8/c48-42-36-24-12-13-25-37(36)43(49)47(42)28-16-5-17-29-52-40-38(53-30-33-18-6-1-7-19-33)39(54-31-34-20-8-2-9-21-34)41(55-32-35-22-10-3-11-23-35)46(51)44(45(40,46)50)26-14-4-15-27-44/h1-3,6-13,18-25,38-41,50-51H,4-5,14-17,26-32H2. The van der Waals surface area contributed by atoms with Crippen molar-refractivity contribution in [2.45, 2.75) is 107 Å². The Balaban J connectivity index is 1.06. The fourth-order valence-electron chi connectivity index (χ4n) is 9.72. The molecule has 1 heterocycles. The number of unbranched alkanes of at least 4 members (excludes halogenated alkanes) is 2. The number of carbonyl (C=O) groups is 2. The summed E-state index contributed by atoms with van der Waals surface area (Å²) in [6.45, 7) is 1.35. The molecule has 288 valence electrons. The summed E-state index contributed by atoms with van der Waals surface area (Å²) in [5.74, 6) is -0.507. The van der Waals surface area contributed by atoms with Crippen molar-refractivity contribution in [3.63, 3.8) is 0 Å². The number of fused-ring (bicyclic) bond motifs is 4. The summed E-state index contributed by atoms with van der Waals surface area (Å²) in [7, 11) is 0. The highest BCUT2D eigenvalue weighted by Crippen LogP contribution is 2.77. The molecule has 1 aliphatic heterocycles. The summed E-state index contributed by atoms with van der Waals surface area (Å²) in [5.41, 5.74) is -0.342. The molecule has 55 heavy (non-hydrogen) atoms. The molecule has 3 fully saturated rings. The first-order valence-corrected chi connectivity index (χ1v) is 19.9. The normalized spacial score (nSPS) is 27.9. The lowest BCUT2D eigenvalue weighted by atomic mass is 9.81. The Bertz CT molecular complexity index is 1880. The first-order chi connectivity index (χ1) is 26.9. The summed E-state index contributed by atoms with van der Waals surface area (Å²) >= 11 is 0. The van der Waals surface area contributed by atoms with Crippen LogP contribution in [0, 0.1) is 5.41 Å². The van der Waals surface area contributed by atoms with Crippen LogP contribution in [0.15, 0.2) is 115 Å². The molecule has 3 saturated carbocycles. The minimum atomic E-state index is -1.64. The second kappa shape index (κ2) is 16.1. The average Bonchev–Trinajstić information content (AvgIpc) is 3.50. The maximum atomic E-state index is 13.1. The number of carbonyl (C=O) groups excluding carboxylic acids is 2. The van der Waals surface area contributed by atoms with Gasteiger partial charge in [0.05, 0.1) is 30.9 Å². The SMILES string of the molecule is O=C1c2ccccc2C(=O)N1CCCCCOC1C(OCc2ccccc2)C(OCc2ccccc2)C(OCc2ccccc2)C2(O)C3(CCCCC3)C12O. The Morgan fingerprint density at radius 1 is 0.527 bits per heavy atom. The van der Waals surface area contributed by atoms with E-state index in [0.717, 1.165) is 36.0 Å². The van der Waals surface area contributed by atoms with Gasteiger partial charge in [0.1, 0.15) is 35.6 Å². The number of imide groups is 1. The maximum absolute atomic E-state index is 13.1. The van der Waals surface area contributed by atoms with Gasteiger partial charge in [0, 0.05) is 18.6 Å². The molecule has 0 radical (unpaired) electrons. The molecule has 9 nitrogen and oxygen atoms in total. The van der Waals surface area contributed by atoms with Gasteiger partial charge in [-0.3, -0.25) is 14.5 Å². The molecule has 1 spiro atoms. The number of ether oxygens (including phenoxy) is 4. The number of rotatable bonds is 16.